The summed E-state index contributed by atoms with van der Waals surface area (Å²) in [5, 5.41) is 2.75. The molecule has 0 spiro atoms. The van der Waals surface area contributed by atoms with E-state index in [-0.39, 0.29) is 5.82 Å². The number of nitrogens with zero attached hydrogens (tertiary/aromatic N) is 2. The van der Waals surface area contributed by atoms with Gasteiger partial charge in [-0.3, -0.25) is 19.4 Å². The molecular formula is C11H9BrFN3O2S. The lowest BCUT2D eigenvalue weighted by molar-refractivity contribution is 0.596. The second kappa shape index (κ2) is 5.70. The minimum absolute atomic E-state index is 0.330. The number of benzene rings is 1. The normalized spacial score (nSPS) is 10.7. The lowest BCUT2D eigenvalue weighted by Crippen LogP contribution is -2.33. The third-order valence-electron chi connectivity index (χ3n) is 2.30. The molecule has 5 nitrogen and oxygen atoms in total. The third-order valence-corrected chi connectivity index (χ3v) is 4.01. The van der Waals surface area contributed by atoms with Gasteiger partial charge in [-0.1, -0.05) is 17.8 Å². The van der Waals surface area contributed by atoms with E-state index in [1.165, 1.54) is 22.5 Å². The fraction of sp³-hybridized carbons (Fsp3) is 0.182. The Labute approximate surface area is 120 Å². The smallest absolute Gasteiger partial charge is 0.265 e. The van der Waals surface area contributed by atoms with Gasteiger partial charge in [0.25, 0.3) is 0 Å². The van der Waals surface area contributed by atoms with Gasteiger partial charge in [0, 0.05) is 12.8 Å². The van der Waals surface area contributed by atoms with Crippen molar-refractivity contribution in [1.82, 2.24) is 14.8 Å². The van der Waals surface area contributed by atoms with Crippen molar-refractivity contribution in [2.75, 3.05) is 0 Å². The molecule has 2 aromatic rings. The Bertz CT molecular complexity index is 729. The predicted octanol–water partition coefficient (Wildman–Crippen LogP) is 1.66. The quantitative estimate of drug-likeness (QED) is 0.678. The Morgan fingerprint density at radius 3 is 2.89 bits per heavy atom. The highest BCUT2D eigenvalue weighted by Gasteiger charge is 2.06. The van der Waals surface area contributed by atoms with E-state index >= 15 is 0 Å². The number of aromatic amines is 1. The summed E-state index contributed by atoms with van der Waals surface area (Å²) in [4.78, 5) is 25.9. The second-order valence-corrected chi connectivity index (χ2v) is 5.53. The standard InChI is InChI=1S/C11H9BrFN3O2S/c1-16-11(14-9(17)10(18)15-16)19-5-6-2-3-8(13)7(12)4-6/h2-4H,5H2,1H3,(H,15,18). The molecule has 0 saturated heterocycles. The van der Waals surface area contributed by atoms with Crippen molar-refractivity contribution in [3.63, 3.8) is 0 Å². The largest absolute Gasteiger partial charge is 0.339 e. The first kappa shape index (κ1) is 14.0. The van der Waals surface area contributed by atoms with Crippen molar-refractivity contribution in [3.8, 4) is 0 Å². The molecule has 0 fully saturated rings. The molecule has 1 aromatic heterocycles. The number of halogens is 2. The maximum atomic E-state index is 13.1. The van der Waals surface area contributed by atoms with Gasteiger partial charge in [-0.15, -0.1) is 0 Å². The van der Waals surface area contributed by atoms with Gasteiger partial charge in [-0.25, -0.2) is 4.39 Å². The van der Waals surface area contributed by atoms with Crippen LogP contribution in [0.4, 0.5) is 4.39 Å². The molecule has 0 aliphatic carbocycles. The van der Waals surface area contributed by atoms with Crippen LogP contribution in [0.3, 0.4) is 0 Å². The minimum Gasteiger partial charge on any atom is -0.265 e. The van der Waals surface area contributed by atoms with Gasteiger partial charge in [0.2, 0.25) is 0 Å². The monoisotopic (exact) mass is 345 g/mol. The van der Waals surface area contributed by atoms with Crippen molar-refractivity contribution in [2.24, 2.45) is 7.05 Å². The Morgan fingerprint density at radius 1 is 1.47 bits per heavy atom. The van der Waals surface area contributed by atoms with Gasteiger partial charge in [0.1, 0.15) is 5.82 Å². The van der Waals surface area contributed by atoms with Gasteiger partial charge in [0.05, 0.1) is 4.47 Å². The number of aromatic nitrogens is 3. The van der Waals surface area contributed by atoms with E-state index < -0.39 is 11.1 Å². The summed E-state index contributed by atoms with van der Waals surface area (Å²) >= 11 is 4.38. The highest BCUT2D eigenvalue weighted by molar-refractivity contribution is 9.10. The van der Waals surface area contributed by atoms with Crippen LogP contribution in [0.5, 0.6) is 0 Å². The summed E-state index contributed by atoms with van der Waals surface area (Å²) in [6.45, 7) is 0. The summed E-state index contributed by atoms with van der Waals surface area (Å²) in [6.07, 6.45) is 0. The van der Waals surface area contributed by atoms with Crippen LogP contribution < -0.4 is 11.1 Å². The Balaban J connectivity index is 2.19. The lowest BCUT2D eigenvalue weighted by Gasteiger charge is -2.06. The molecule has 2 rings (SSSR count). The van der Waals surface area contributed by atoms with E-state index in [0.29, 0.717) is 15.4 Å². The molecule has 0 aliphatic heterocycles. The van der Waals surface area contributed by atoms with Crippen LogP contribution in [0.2, 0.25) is 0 Å². The van der Waals surface area contributed by atoms with E-state index in [4.69, 9.17) is 0 Å². The van der Waals surface area contributed by atoms with Crippen LogP contribution >= 0.6 is 27.7 Å². The van der Waals surface area contributed by atoms with Crippen LogP contribution in [-0.2, 0) is 12.8 Å². The molecular weight excluding hydrogens is 337 g/mol. The number of hydrogen-bond acceptors (Lipinski definition) is 4. The first-order valence-corrected chi connectivity index (χ1v) is 6.99. The van der Waals surface area contributed by atoms with E-state index in [2.05, 4.69) is 26.0 Å². The first-order chi connectivity index (χ1) is 8.97. The summed E-state index contributed by atoms with van der Waals surface area (Å²) in [5.74, 6) is 0.175. The van der Waals surface area contributed by atoms with Crippen LogP contribution in [0.25, 0.3) is 0 Å². The molecule has 0 unspecified atom stereocenters. The summed E-state index contributed by atoms with van der Waals surface area (Å²) in [6, 6.07) is 4.67. The molecule has 1 aromatic carbocycles. The zero-order chi connectivity index (χ0) is 14.0. The van der Waals surface area contributed by atoms with Crippen molar-refractivity contribution in [3.05, 3.63) is 54.8 Å². The molecule has 0 amide bonds. The van der Waals surface area contributed by atoms with Crippen LogP contribution in [0.1, 0.15) is 5.56 Å². The molecule has 100 valence electrons. The molecule has 0 bridgehead atoms. The van der Waals surface area contributed by atoms with Crippen LogP contribution in [-0.4, -0.2) is 14.8 Å². The summed E-state index contributed by atoms with van der Waals surface area (Å²) in [5.41, 5.74) is -0.698. The highest BCUT2D eigenvalue weighted by Crippen LogP contribution is 2.22. The zero-order valence-corrected chi connectivity index (χ0v) is 12.2. The van der Waals surface area contributed by atoms with Crippen molar-refractivity contribution < 1.29 is 4.39 Å². The fourth-order valence-corrected chi connectivity index (χ4v) is 2.66. The average Bonchev–Trinajstić information content (AvgIpc) is 2.36. The molecule has 1 N–H and O–H groups in total. The number of rotatable bonds is 3. The van der Waals surface area contributed by atoms with E-state index in [1.54, 1.807) is 19.2 Å². The maximum absolute atomic E-state index is 13.1. The van der Waals surface area contributed by atoms with Gasteiger partial charge >= 0.3 is 11.1 Å². The van der Waals surface area contributed by atoms with Crippen LogP contribution in [0, 0.1) is 5.82 Å². The summed E-state index contributed by atoms with van der Waals surface area (Å²) in [7, 11) is 1.59. The second-order valence-electron chi connectivity index (χ2n) is 3.74. The molecule has 8 heteroatoms. The SMILES string of the molecule is Cn1[nH]c(=O)c(=O)nc1SCc1ccc(F)c(Br)c1. The Kier molecular flexibility index (Phi) is 4.20. The molecule has 19 heavy (non-hydrogen) atoms. The third kappa shape index (κ3) is 3.32. The van der Waals surface area contributed by atoms with Gasteiger partial charge in [0.15, 0.2) is 5.16 Å². The topological polar surface area (TPSA) is 67.8 Å². The first-order valence-electron chi connectivity index (χ1n) is 5.21. The zero-order valence-electron chi connectivity index (χ0n) is 9.81. The van der Waals surface area contributed by atoms with Gasteiger partial charge in [-0.2, -0.15) is 4.98 Å². The highest BCUT2D eigenvalue weighted by atomic mass is 79.9. The van der Waals surface area contributed by atoms with Crippen LogP contribution in [0.15, 0.2) is 37.4 Å². The Hall–Kier alpha value is -1.41. The minimum atomic E-state index is -0.819. The van der Waals surface area contributed by atoms with E-state index in [0.717, 1.165) is 5.56 Å². The number of nitrogens with one attached hydrogen (secondary N) is 1. The van der Waals surface area contributed by atoms with Gasteiger partial charge in [-0.05, 0) is 33.6 Å². The van der Waals surface area contributed by atoms with E-state index in [9.17, 15) is 14.0 Å². The predicted molar refractivity (Wildman–Crippen MR) is 73.8 cm³/mol. The molecule has 0 atom stereocenters. The van der Waals surface area contributed by atoms with Crippen molar-refractivity contribution in [1.29, 1.82) is 0 Å². The van der Waals surface area contributed by atoms with Crippen molar-refractivity contribution >= 4 is 27.7 Å². The number of thioether (sulfide) groups is 1. The molecule has 0 saturated carbocycles. The summed E-state index contributed by atoms with van der Waals surface area (Å²) < 4.78 is 14.8. The number of hydrogen-bond donors (Lipinski definition) is 1. The van der Waals surface area contributed by atoms with Crippen molar-refractivity contribution in [2.45, 2.75) is 10.9 Å². The molecule has 0 radical (unpaired) electrons. The van der Waals surface area contributed by atoms with E-state index in [1.807, 2.05) is 0 Å². The average molecular weight is 346 g/mol. The fourth-order valence-electron chi connectivity index (χ4n) is 1.37. The number of H-pyrrole nitrogens is 1. The number of aryl methyl sites for hydroxylation is 1. The molecule has 1 heterocycles. The Morgan fingerprint density at radius 2 is 2.21 bits per heavy atom. The lowest BCUT2D eigenvalue weighted by atomic mass is 10.2. The maximum Gasteiger partial charge on any atom is 0.339 e. The molecule has 0 aliphatic rings. The van der Waals surface area contributed by atoms with Gasteiger partial charge < -0.3 is 0 Å².